The third-order valence-electron chi connectivity index (χ3n) is 3.91. The van der Waals surface area contributed by atoms with Gasteiger partial charge in [0.1, 0.15) is 0 Å². The number of amides is 1. The van der Waals surface area contributed by atoms with Crippen molar-refractivity contribution in [2.45, 2.75) is 31.9 Å². The van der Waals surface area contributed by atoms with Gasteiger partial charge in [-0.15, -0.1) is 0 Å². The van der Waals surface area contributed by atoms with E-state index in [-0.39, 0.29) is 18.1 Å². The Balaban J connectivity index is 1.56. The number of morpholine rings is 1. The molecule has 0 aromatic rings. The lowest BCUT2D eigenvalue weighted by atomic mass is 10.1. The molecule has 6 heteroatoms. The van der Waals surface area contributed by atoms with E-state index in [0.29, 0.717) is 6.54 Å². The minimum absolute atomic E-state index is 0.0695. The Labute approximate surface area is 121 Å². The first-order valence-electron chi connectivity index (χ1n) is 7.69. The van der Waals surface area contributed by atoms with Crippen molar-refractivity contribution in [2.24, 2.45) is 0 Å². The SMILES string of the molecule is CCN1CCOC(CNCC(=O)NC2CCOCC2)C1. The Hall–Kier alpha value is -0.690. The largest absolute Gasteiger partial charge is 0.381 e. The van der Waals surface area contributed by atoms with Crippen molar-refractivity contribution in [3.05, 3.63) is 0 Å². The van der Waals surface area contributed by atoms with Gasteiger partial charge >= 0.3 is 0 Å². The summed E-state index contributed by atoms with van der Waals surface area (Å²) in [4.78, 5) is 14.2. The van der Waals surface area contributed by atoms with Crippen LogP contribution in [0.15, 0.2) is 0 Å². The second kappa shape index (κ2) is 8.56. The van der Waals surface area contributed by atoms with E-state index in [1.54, 1.807) is 0 Å². The molecular formula is C14H27N3O3. The fourth-order valence-electron chi connectivity index (χ4n) is 2.66. The highest BCUT2D eigenvalue weighted by atomic mass is 16.5. The standard InChI is InChI=1S/C14H27N3O3/c1-2-17-5-8-20-13(11-17)9-15-10-14(18)16-12-3-6-19-7-4-12/h12-13,15H,2-11H2,1H3,(H,16,18). The van der Waals surface area contributed by atoms with Crippen molar-refractivity contribution in [3.63, 3.8) is 0 Å². The summed E-state index contributed by atoms with van der Waals surface area (Å²) >= 11 is 0. The van der Waals surface area contributed by atoms with Crippen LogP contribution in [0.1, 0.15) is 19.8 Å². The second-order valence-corrected chi connectivity index (χ2v) is 5.47. The molecule has 2 aliphatic heterocycles. The lowest BCUT2D eigenvalue weighted by molar-refractivity contribution is -0.121. The van der Waals surface area contributed by atoms with Crippen molar-refractivity contribution < 1.29 is 14.3 Å². The van der Waals surface area contributed by atoms with E-state index in [1.165, 1.54) is 0 Å². The van der Waals surface area contributed by atoms with E-state index in [9.17, 15) is 4.79 Å². The zero-order chi connectivity index (χ0) is 14.2. The van der Waals surface area contributed by atoms with Crippen molar-refractivity contribution in [2.75, 3.05) is 52.5 Å². The van der Waals surface area contributed by atoms with Gasteiger partial charge in [-0.05, 0) is 19.4 Å². The zero-order valence-corrected chi connectivity index (χ0v) is 12.4. The Morgan fingerprint density at radius 3 is 2.85 bits per heavy atom. The number of nitrogens with one attached hydrogen (secondary N) is 2. The quantitative estimate of drug-likeness (QED) is 0.695. The molecule has 2 rings (SSSR count). The Bertz CT molecular complexity index is 295. The van der Waals surface area contributed by atoms with Gasteiger partial charge in [0.15, 0.2) is 0 Å². The van der Waals surface area contributed by atoms with Crippen LogP contribution in [0.2, 0.25) is 0 Å². The van der Waals surface area contributed by atoms with E-state index in [1.807, 2.05) is 0 Å². The van der Waals surface area contributed by atoms with Crippen LogP contribution in [0, 0.1) is 0 Å². The summed E-state index contributed by atoms with van der Waals surface area (Å²) in [5.74, 6) is 0.0695. The van der Waals surface area contributed by atoms with Crippen LogP contribution in [0.25, 0.3) is 0 Å². The summed E-state index contributed by atoms with van der Waals surface area (Å²) in [6.07, 6.45) is 2.03. The average molecular weight is 285 g/mol. The van der Waals surface area contributed by atoms with Gasteiger partial charge in [-0.2, -0.15) is 0 Å². The molecular weight excluding hydrogens is 258 g/mol. The molecule has 116 valence electrons. The molecule has 0 aliphatic carbocycles. The highest BCUT2D eigenvalue weighted by Crippen LogP contribution is 2.06. The van der Waals surface area contributed by atoms with Gasteiger partial charge in [-0.25, -0.2) is 0 Å². The molecule has 0 saturated carbocycles. The topological polar surface area (TPSA) is 62.8 Å². The first-order chi connectivity index (χ1) is 9.78. The first-order valence-corrected chi connectivity index (χ1v) is 7.69. The zero-order valence-electron chi connectivity index (χ0n) is 12.4. The fraction of sp³-hybridized carbons (Fsp3) is 0.929. The molecule has 0 aromatic carbocycles. The molecule has 1 unspecified atom stereocenters. The number of carbonyl (C=O) groups is 1. The van der Waals surface area contributed by atoms with Crippen molar-refractivity contribution >= 4 is 5.91 Å². The third kappa shape index (κ3) is 5.36. The van der Waals surface area contributed by atoms with E-state index in [0.717, 1.165) is 58.8 Å². The lowest BCUT2D eigenvalue weighted by Gasteiger charge is -2.32. The summed E-state index contributed by atoms with van der Waals surface area (Å²) < 4.78 is 11.0. The molecule has 2 saturated heterocycles. The number of likely N-dealkylation sites (N-methyl/N-ethyl adjacent to an activating group) is 1. The number of ether oxygens (including phenoxy) is 2. The normalized spacial score (nSPS) is 25.6. The molecule has 0 radical (unpaired) electrons. The summed E-state index contributed by atoms with van der Waals surface area (Å²) in [6, 6.07) is 0.277. The molecule has 1 amide bonds. The molecule has 0 spiro atoms. The Morgan fingerprint density at radius 1 is 1.30 bits per heavy atom. The molecule has 0 aromatic heterocycles. The highest BCUT2D eigenvalue weighted by Gasteiger charge is 2.19. The number of nitrogens with zero attached hydrogens (tertiary/aromatic N) is 1. The number of rotatable bonds is 6. The van der Waals surface area contributed by atoms with Crippen LogP contribution in [0.3, 0.4) is 0 Å². The molecule has 20 heavy (non-hydrogen) atoms. The van der Waals surface area contributed by atoms with Crippen molar-refractivity contribution in [1.29, 1.82) is 0 Å². The summed E-state index contributed by atoms with van der Waals surface area (Å²) in [5.41, 5.74) is 0. The van der Waals surface area contributed by atoms with E-state index < -0.39 is 0 Å². The number of hydrogen-bond donors (Lipinski definition) is 2. The Kier molecular flexibility index (Phi) is 6.72. The molecule has 1 atom stereocenters. The predicted molar refractivity (Wildman–Crippen MR) is 76.7 cm³/mol. The summed E-state index contributed by atoms with van der Waals surface area (Å²) in [6.45, 7) is 8.57. The van der Waals surface area contributed by atoms with Gasteiger partial charge in [0.05, 0.1) is 19.3 Å². The molecule has 2 heterocycles. The van der Waals surface area contributed by atoms with E-state index in [2.05, 4.69) is 22.5 Å². The molecule has 0 bridgehead atoms. The van der Waals surface area contributed by atoms with Gasteiger partial charge in [0.2, 0.25) is 5.91 Å². The maximum atomic E-state index is 11.8. The first kappa shape index (κ1) is 15.7. The summed E-state index contributed by atoms with van der Waals surface area (Å²) in [7, 11) is 0. The van der Waals surface area contributed by atoms with E-state index >= 15 is 0 Å². The number of hydrogen-bond acceptors (Lipinski definition) is 5. The minimum Gasteiger partial charge on any atom is -0.381 e. The van der Waals surface area contributed by atoms with Crippen LogP contribution in [0.5, 0.6) is 0 Å². The van der Waals surface area contributed by atoms with Crippen LogP contribution in [-0.4, -0.2) is 75.5 Å². The van der Waals surface area contributed by atoms with Gasteiger partial charge in [0.25, 0.3) is 0 Å². The highest BCUT2D eigenvalue weighted by molar-refractivity contribution is 5.78. The lowest BCUT2D eigenvalue weighted by Crippen LogP contribution is -2.48. The van der Waals surface area contributed by atoms with Crippen LogP contribution in [0.4, 0.5) is 0 Å². The predicted octanol–water partition coefficient (Wildman–Crippen LogP) is -0.408. The molecule has 2 aliphatic rings. The monoisotopic (exact) mass is 285 g/mol. The third-order valence-corrected chi connectivity index (χ3v) is 3.91. The summed E-state index contributed by atoms with van der Waals surface area (Å²) in [5, 5.41) is 6.24. The minimum atomic E-state index is 0.0695. The van der Waals surface area contributed by atoms with Crippen LogP contribution < -0.4 is 10.6 Å². The number of carbonyl (C=O) groups excluding carboxylic acids is 1. The van der Waals surface area contributed by atoms with Gasteiger partial charge < -0.3 is 20.1 Å². The molecule has 2 fully saturated rings. The van der Waals surface area contributed by atoms with Crippen LogP contribution >= 0.6 is 0 Å². The van der Waals surface area contributed by atoms with Crippen molar-refractivity contribution in [3.8, 4) is 0 Å². The maximum Gasteiger partial charge on any atom is 0.234 e. The van der Waals surface area contributed by atoms with Gasteiger partial charge in [-0.3, -0.25) is 9.69 Å². The smallest absolute Gasteiger partial charge is 0.234 e. The second-order valence-electron chi connectivity index (χ2n) is 5.47. The Morgan fingerprint density at radius 2 is 2.10 bits per heavy atom. The van der Waals surface area contributed by atoms with Crippen molar-refractivity contribution in [1.82, 2.24) is 15.5 Å². The molecule has 2 N–H and O–H groups in total. The van der Waals surface area contributed by atoms with Crippen LogP contribution in [-0.2, 0) is 14.3 Å². The average Bonchev–Trinajstić information content (AvgIpc) is 2.48. The van der Waals surface area contributed by atoms with Gasteiger partial charge in [-0.1, -0.05) is 6.92 Å². The molecule has 6 nitrogen and oxygen atoms in total. The fourth-order valence-corrected chi connectivity index (χ4v) is 2.66. The van der Waals surface area contributed by atoms with E-state index in [4.69, 9.17) is 9.47 Å². The maximum absolute atomic E-state index is 11.8. The van der Waals surface area contributed by atoms with Gasteiger partial charge in [0, 0.05) is 38.9 Å².